The quantitative estimate of drug-likeness (QED) is 0.365. The van der Waals surface area contributed by atoms with Gasteiger partial charge in [0.25, 0.3) is 0 Å². The lowest BCUT2D eigenvalue weighted by atomic mass is 10.0. The Balaban J connectivity index is 2.41. The minimum absolute atomic E-state index is 0.0710. The smallest absolute Gasteiger partial charge is 0.407 e. The molecule has 0 unspecified atom stereocenters. The highest BCUT2D eigenvalue weighted by Gasteiger charge is 2.15. The van der Waals surface area contributed by atoms with Crippen molar-refractivity contribution < 1.29 is 23.9 Å². The van der Waals surface area contributed by atoms with Crippen molar-refractivity contribution >= 4 is 17.8 Å². The van der Waals surface area contributed by atoms with Gasteiger partial charge in [-0.15, -0.1) is 0 Å². The highest BCUT2D eigenvalue weighted by atomic mass is 16.6. The summed E-state index contributed by atoms with van der Waals surface area (Å²) in [6, 6.07) is 6.87. The van der Waals surface area contributed by atoms with Crippen molar-refractivity contribution in [1.82, 2.24) is 5.32 Å². The molecule has 0 saturated carbocycles. The molecule has 0 atom stereocenters. The van der Waals surface area contributed by atoms with Gasteiger partial charge in [-0.3, -0.25) is 9.59 Å². The zero-order valence-electron chi connectivity index (χ0n) is 15.7. The molecule has 0 spiro atoms. The van der Waals surface area contributed by atoms with Gasteiger partial charge in [-0.25, -0.2) is 4.79 Å². The Bertz CT molecular complexity index is 690. The molecule has 26 heavy (non-hydrogen) atoms. The van der Waals surface area contributed by atoms with Crippen LogP contribution in [-0.2, 0) is 14.3 Å². The van der Waals surface area contributed by atoms with Crippen LogP contribution >= 0.6 is 0 Å². The SMILES string of the molecule is COC(=O)CCC(=O)c1ccc(C#CCCNC(=O)OC(C)(C)C)cc1. The summed E-state index contributed by atoms with van der Waals surface area (Å²) in [4.78, 5) is 34.5. The Morgan fingerprint density at radius 2 is 1.73 bits per heavy atom. The van der Waals surface area contributed by atoms with Crippen molar-refractivity contribution in [2.24, 2.45) is 0 Å². The summed E-state index contributed by atoms with van der Waals surface area (Å²) < 4.78 is 9.64. The third-order valence-corrected chi connectivity index (χ3v) is 3.14. The molecule has 1 amide bonds. The van der Waals surface area contributed by atoms with E-state index in [1.165, 1.54) is 7.11 Å². The van der Waals surface area contributed by atoms with Gasteiger partial charge in [0.15, 0.2) is 5.78 Å². The number of methoxy groups -OCH3 is 1. The standard InChI is InChI=1S/C20H25NO5/c1-20(2,3)26-19(24)21-14-6-5-7-15-8-10-16(11-9-15)17(22)12-13-18(23)25-4/h8-11H,6,12-14H2,1-4H3,(H,21,24). The minimum Gasteiger partial charge on any atom is -0.469 e. The van der Waals surface area contributed by atoms with Crippen LogP contribution in [0.3, 0.4) is 0 Å². The first-order valence-electron chi connectivity index (χ1n) is 8.37. The zero-order chi connectivity index (χ0) is 19.6. The van der Waals surface area contributed by atoms with Crippen LogP contribution in [0.4, 0.5) is 4.79 Å². The fourth-order valence-electron chi connectivity index (χ4n) is 1.91. The lowest BCUT2D eigenvalue weighted by Crippen LogP contribution is -2.32. The van der Waals surface area contributed by atoms with E-state index in [0.717, 1.165) is 5.56 Å². The first-order chi connectivity index (χ1) is 12.2. The molecule has 1 N–H and O–H groups in total. The second-order valence-electron chi connectivity index (χ2n) is 6.56. The maximum Gasteiger partial charge on any atom is 0.407 e. The monoisotopic (exact) mass is 359 g/mol. The molecule has 0 bridgehead atoms. The molecule has 0 saturated heterocycles. The molecule has 1 rings (SSSR count). The van der Waals surface area contributed by atoms with E-state index in [-0.39, 0.29) is 18.6 Å². The van der Waals surface area contributed by atoms with Crippen LogP contribution < -0.4 is 5.32 Å². The van der Waals surface area contributed by atoms with E-state index in [2.05, 4.69) is 21.9 Å². The van der Waals surface area contributed by atoms with Crippen molar-refractivity contribution in [2.75, 3.05) is 13.7 Å². The summed E-state index contributed by atoms with van der Waals surface area (Å²) in [5, 5.41) is 2.63. The third-order valence-electron chi connectivity index (χ3n) is 3.14. The number of alkyl carbamates (subject to hydrolysis) is 1. The number of hydrogen-bond acceptors (Lipinski definition) is 5. The van der Waals surface area contributed by atoms with Crippen molar-refractivity contribution in [3.63, 3.8) is 0 Å². The number of ether oxygens (including phenoxy) is 2. The number of carbonyl (C=O) groups excluding carboxylic acids is 3. The maximum absolute atomic E-state index is 11.9. The Labute approximate surface area is 154 Å². The number of ketones is 1. The lowest BCUT2D eigenvalue weighted by molar-refractivity contribution is -0.140. The number of hydrogen-bond donors (Lipinski definition) is 1. The predicted molar refractivity (Wildman–Crippen MR) is 97.8 cm³/mol. The largest absolute Gasteiger partial charge is 0.469 e. The summed E-state index contributed by atoms with van der Waals surface area (Å²) in [6.07, 6.45) is 0.211. The molecule has 6 heteroatoms. The topological polar surface area (TPSA) is 81.7 Å². The van der Waals surface area contributed by atoms with Gasteiger partial charge in [-0.05, 0) is 32.9 Å². The molecule has 6 nitrogen and oxygen atoms in total. The molecule has 0 heterocycles. The Morgan fingerprint density at radius 1 is 1.08 bits per heavy atom. The summed E-state index contributed by atoms with van der Waals surface area (Å²) in [7, 11) is 1.29. The van der Waals surface area contributed by atoms with Gasteiger partial charge in [0.1, 0.15) is 5.60 Å². The van der Waals surface area contributed by atoms with Crippen molar-refractivity contribution in [3.05, 3.63) is 35.4 Å². The van der Waals surface area contributed by atoms with Crippen LogP contribution in [0.15, 0.2) is 24.3 Å². The number of benzene rings is 1. The van der Waals surface area contributed by atoms with E-state index < -0.39 is 17.7 Å². The minimum atomic E-state index is -0.522. The molecule has 0 aliphatic rings. The van der Waals surface area contributed by atoms with Crippen molar-refractivity contribution in [3.8, 4) is 11.8 Å². The molecule has 0 aromatic heterocycles. The summed E-state index contributed by atoms with van der Waals surface area (Å²) in [5.74, 6) is 5.40. The maximum atomic E-state index is 11.9. The van der Waals surface area contributed by atoms with Crippen molar-refractivity contribution in [1.29, 1.82) is 0 Å². The van der Waals surface area contributed by atoms with Crippen LogP contribution in [0.25, 0.3) is 0 Å². The molecule has 0 aliphatic carbocycles. The van der Waals surface area contributed by atoms with E-state index >= 15 is 0 Å². The fraction of sp³-hybridized carbons (Fsp3) is 0.450. The van der Waals surface area contributed by atoms with Gasteiger partial charge in [0, 0.05) is 30.5 Å². The predicted octanol–water partition coefficient (Wildman–Crippen LogP) is 3.09. The number of rotatable bonds is 6. The third kappa shape index (κ3) is 8.88. The van der Waals surface area contributed by atoms with Crippen LogP contribution in [0.5, 0.6) is 0 Å². The second-order valence-corrected chi connectivity index (χ2v) is 6.56. The van der Waals surface area contributed by atoms with Gasteiger partial charge in [0.05, 0.1) is 13.5 Å². The number of esters is 1. The number of Topliss-reactive ketones (excluding diaryl/α,β-unsaturated/α-hetero) is 1. The second kappa shape index (κ2) is 10.2. The van der Waals surface area contributed by atoms with Crippen LogP contribution in [0.2, 0.25) is 0 Å². The number of carbonyl (C=O) groups is 3. The normalized spacial score (nSPS) is 10.3. The summed E-state index contributed by atoms with van der Waals surface area (Å²) in [5.41, 5.74) is 0.782. The highest BCUT2D eigenvalue weighted by molar-refractivity contribution is 5.97. The highest BCUT2D eigenvalue weighted by Crippen LogP contribution is 2.08. The average Bonchev–Trinajstić information content (AvgIpc) is 2.58. The summed E-state index contributed by atoms with van der Waals surface area (Å²) in [6.45, 7) is 5.80. The fourth-order valence-corrected chi connectivity index (χ4v) is 1.91. The van der Waals surface area contributed by atoms with Gasteiger partial charge in [0.2, 0.25) is 0 Å². The lowest BCUT2D eigenvalue weighted by Gasteiger charge is -2.19. The van der Waals surface area contributed by atoms with Crippen LogP contribution in [0.1, 0.15) is 56.0 Å². The first kappa shape index (κ1) is 21.2. The van der Waals surface area contributed by atoms with E-state index in [9.17, 15) is 14.4 Å². The molecule has 0 fully saturated rings. The average molecular weight is 359 g/mol. The Kier molecular flexibility index (Phi) is 8.36. The van der Waals surface area contributed by atoms with E-state index in [1.807, 2.05) is 0 Å². The van der Waals surface area contributed by atoms with Gasteiger partial charge < -0.3 is 14.8 Å². The van der Waals surface area contributed by atoms with Gasteiger partial charge >= 0.3 is 12.1 Å². The first-order valence-corrected chi connectivity index (χ1v) is 8.37. The molecule has 140 valence electrons. The number of amides is 1. The van der Waals surface area contributed by atoms with Gasteiger partial charge in [-0.2, -0.15) is 0 Å². The van der Waals surface area contributed by atoms with E-state index in [4.69, 9.17) is 4.74 Å². The van der Waals surface area contributed by atoms with Gasteiger partial charge in [-0.1, -0.05) is 24.0 Å². The molecule has 1 aromatic carbocycles. The molecular formula is C20H25NO5. The summed E-state index contributed by atoms with van der Waals surface area (Å²) >= 11 is 0. The zero-order valence-corrected chi connectivity index (χ0v) is 15.7. The molecule has 0 aliphatic heterocycles. The van der Waals surface area contributed by atoms with Crippen LogP contribution in [0, 0.1) is 11.8 Å². The molecule has 0 radical (unpaired) electrons. The molecule has 1 aromatic rings. The molecular weight excluding hydrogens is 334 g/mol. The van der Waals surface area contributed by atoms with E-state index in [0.29, 0.717) is 18.5 Å². The van der Waals surface area contributed by atoms with Crippen LogP contribution in [-0.4, -0.2) is 37.1 Å². The number of nitrogens with one attached hydrogen (secondary N) is 1. The van der Waals surface area contributed by atoms with Crippen molar-refractivity contribution in [2.45, 2.75) is 45.6 Å². The van der Waals surface area contributed by atoms with E-state index in [1.54, 1.807) is 45.0 Å². The Morgan fingerprint density at radius 3 is 2.31 bits per heavy atom. The Hall–Kier alpha value is -2.81.